The van der Waals surface area contributed by atoms with Gasteiger partial charge in [-0.3, -0.25) is 4.79 Å². The summed E-state index contributed by atoms with van der Waals surface area (Å²) in [7, 11) is 1.61. The normalized spacial score (nSPS) is 14.1. The van der Waals surface area contributed by atoms with E-state index in [1.54, 1.807) is 7.11 Å². The van der Waals surface area contributed by atoms with Gasteiger partial charge in [-0.15, -0.1) is 0 Å². The Morgan fingerprint density at radius 2 is 1.89 bits per heavy atom. The van der Waals surface area contributed by atoms with Crippen LogP contribution in [0.1, 0.15) is 29.8 Å². The number of hydrogen-bond acceptors (Lipinski definition) is 4. The number of likely N-dealkylation sites (tertiary alicyclic amines) is 1. The molecule has 2 heterocycles. The predicted octanol–water partition coefficient (Wildman–Crippen LogP) is 5.27. The van der Waals surface area contributed by atoms with Gasteiger partial charge in [0, 0.05) is 29.2 Å². The SMILES string of the molecule is COc1cccc2c(Nc3cccc(Cl)c3)cc(C(=O)N3CCCCC3)nc12. The Labute approximate surface area is 169 Å². The molecule has 1 amide bonds. The van der Waals surface area contributed by atoms with Crippen LogP contribution in [0.2, 0.25) is 5.02 Å². The van der Waals surface area contributed by atoms with Crippen molar-refractivity contribution in [3.63, 3.8) is 0 Å². The van der Waals surface area contributed by atoms with Crippen LogP contribution in [-0.2, 0) is 0 Å². The summed E-state index contributed by atoms with van der Waals surface area (Å²) in [5, 5.41) is 4.91. The second kappa shape index (κ2) is 8.07. The number of aromatic nitrogens is 1. The lowest BCUT2D eigenvalue weighted by Gasteiger charge is -2.26. The fraction of sp³-hybridized carbons (Fsp3) is 0.273. The van der Waals surface area contributed by atoms with E-state index in [4.69, 9.17) is 16.3 Å². The number of rotatable bonds is 4. The van der Waals surface area contributed by atoms with Crippen LogP contribution in [-0.4, -0.2) is 36.0 Å². The van der Waals surface area contributed by atoms with Crippen LogP contribution < -0.4 is 10.1 Å². The molecule has 1 aliphatic heterocycles. The zero-order valence-corrected chi connectivity index (χ0v) is 16.5. The molecule has 1 N–H and O–H groups in total. The Hall–Kier alpha value is -2.79. The third-order valence-corrected chi connectivity index (χ3v) is 5.22. The Kier molecular flexibility index (Phi) is 5.35. The van der Waals surface area contributed by atoms with Crippen molar-refractivity contribution in [1.82, 2.24) is 9.88 Å². The predicted molar refractivity (Wildman–Crippen MR) is 113 cm³/mol. The van der Waals surface area contributed by atoms with E-state index < -0.39 is 0 Å². The summed E-state index contributed by atoms with van der Waals surface area (Å²) in [6, 6.07) is 15.0. The molecule has 144 valence electrons. The number of hydrogen-bond donors (Lipinski definition) is 1. The molecule has 1 fully saturated rings. The van der Waals surface area contributed by atoms with Crippen LogP contribution in [0.15, 0.2) is 48.5 Å². The van der Waals surface area contributed by atoms with E-state index >= 15 is 0 Å². The second-order valence-electron chi connectivity index (χ2n) is 6.90. The number of anilines is 2. The molecule has 2 aromatic carbocycles. The lowest BCUT2D eigenvalue weighted by Crippen LogP contribution is -2.36. The first kappa shape index (κ1) is 18.6. The molecule has 3 aromatic rings. The van der Waals surface area contributed by atoms with Crippen LogP contribution in [0.3, 0.4) is 0 Å². The van der Waals surface area contributed by atoms with Gasteiger partial charge in [-0.25, -0.2) is 4.98 Å². The zero-order valence-electron chi connectivity index (χ0n) is 15.7. The van der Waals surface area contributed by atoms with Gasteiger partial charge in [0.2, 0.25) is 0 Å². The van der Waals surface area contributed by atoms with Gasteiger partial charge < -0.3 is 15.0 Å². The fourth-order valence-corrected chi connectivity index (χ4v) is 3.77. The van der Waals surface area contributed by atoms with Gasteiger partial charge >= 0.3 is 0 Å². The van der Waals surface area contributed by atoms with Crippen molar-refractivity contribution in [3.8, 4) is 5.75 Å². The number of piperidine rings is 1. The van der Waals surface area contributed by atoms with Gasteiger partial charge in [0.05, 0.1) is 12.8 Å². The molecular formula is C22H22ClN3O2. The van der Waals surface area contributed by atoms with Gasteiger partial charge in [-0.2, -0.15) is 0 Å². The van der Waals surface area contributed by atoms with Crippen molar-refractivity contribution >= 4 is 39.8 Å². The van der Waals surface area contributed by atoms with Gasteiger partial charge in [0.1, 0.15) is 17.0 Å². The maximum absolute atomic E-state index is 13.1. The Morgan fingerprint density at radius 1 is 1.11 bits per heavy atom. The number of carbonyl (C=O) groups is 1. The van der Waals surface area contributed by atoms with Gasteiger partial charge in [0.15, 0.2) is 0 Å². The summed E-state index contributed by atoms with van der Waals surface area (Å²) < 4.78 is 5.50. The Bertz CT molecular complexity index is 1020. The first-order chi connectivity index (χ1) is 13.7. The summed E-state index contributed by atoms with van der Waals surface area (Å²) >= 11 is 6.13. The highest BCUT2D eigenvalue weighted by Gasteiger charge is 2.21. The molecule has 6 heteroatoms. The van der Waals surface area contributed by atoms with Gasteiger partial charge in [-0.05, 0) is 49.6 Å². The van der Waals surface area contributed by atoms with Crippen LogP contribution in [0.4, 0.5) is 11.4 Å². The smallest absolute Gasteiger partial charge is 0.272 e. The monoisotopic (exact) mass is 395 g/mol. The number of nitrogens with zero attached hydrogens (tertiary/aromatic N) is 2. The van der Waals surface area contributed by atoms with Crippen LogP contribution in [0, 0.1) is 0 Å². The molecule has 28 heavy (non-hydrogen) atoms. The lowest BCUT2D eigenvalue weighted by molar-refractivity contribution is 0.0719. The number of fused-ring (bicyclic) bond motifs is 1. The Balaban J connectivity index is 1.81. The second-order valence-corrected chi connectivity index (χ2v) is 7.34. The average molecular weight is 396 g/mol. The molecule has 0 unspecified atom stereocenters. The molecule has 0 saturated carbocycles. The molecule has 0 radical (unpaired) electrons. The number of carbonyl (C=O) groups excluding carboxylic acids is 1. The molecule has 4 rings (SSSR count). The van der Waals surface area contributed by atoms with Crippen molar-refractivity contribution in [1.29, 1.82) is 0 Å². The van der Waals surface area contributed by atoms with Crippen LogP contribution >= 0.6 is 11.6 Å². The highest BCUT2D eigenvalue weighted by atomic mass is 35.5. The zero-order chi connectivity index (χ0) is 19.5. The summed E-state index contributed by atoms with van der Waals surface area (Å²) in [6.07, 6.45) is 3.25. The maximum atomic E-state index is 13.1. The summed E-state index contributed by atoms with van der Waals surface area (Å²) in [5.74, 6) is 0.599. The molecule has 0 aliphatic carbocycles. The van der Waals surface area contributed by atoms with E-state index in [9.17, 15) is 4.79 Å². The van der Waals surface area contributed by atoms with E-state index in [0.29, 0.717) is 22.0 Å². The van der Waals surface area contributed by atoms with E-state index in [1.807, 2.05) is 53.4 Å². The number of halogens is 1. The molecule has 0 bridgehead atoms. The quantitative estimate of drug-likeness (QED) is 0.654. The summed E-state index contributed by atoms with van der Waals surface area (Å²) in [6.45, 7) is 1.56. The van der Waals surface area contributed by atoms with Crippen molar-refractivity contribution < 1.29 is 9.53 Å². The largest absolute Gasteiger partial charge is 0.494 e. The van der Waals surface area contributed by atoms with Gasteiger partial charge in [-0.1, -0.05) is 29.8 Å². The highest BCUT2D eigenvalue weighted by Crippen LogP contribution is 2.32. The minimum Gasteiger partial charge on any atom is -0.494 e. The minimum atomic E-state index is -0.0401. The first-order valence-electron chi connectivity index (χ1n) is 9.45. The van der Waals surface area contributed by atoms with Crippen molar-refractivity contribution in [2.75, 3.05) is 25.5 Å². The van der Waals surface area contributed by atoms with Crippen molar-refractivity contribution in [3.05, 3.63) is 59.2 Å². The molecule has 1 aliphatic rings. The van der Waals surface area contributed by atoms with E-state index in [1.165, 1.54) is 6.42 Å². The number of para-hydroxylation sites is 1. The molecule has 0 atom stereocenters. The van der Waals surface area contributed by atoms with E-state index in [0.717, 1.165) is 42.7 Å². The third kappa shape index (κ3) is 3.76. The minimum absolute atomic E-state index is 0.0401. The lowest BCUT2D eigenvalue weighted by atomic mass is 10.1. The average Bonchev–Trinajstić information content (AvgIpc) is 2.73. The Morgan fingerprint density at radius 3 is 2.64 bits per heavy atom. The highest BCUT2D eigenvalue weighted by molar-refractivity contribution is 6.30. The van der Waals surface area contributed by atoms with Gasteiger partial charge in [0.25, 0.3) is 5.91 Å². The number of ether oxygens (including phenoxy) is 1. The maximum Gasteiger partial charge on any atom is 0.272 e. The fourth-order valence-electron chi connectivity index (χ4n) is 3.58. The first-order valence-corrected chi connectivity index (χ1v) is 9.83. The number of pyridine rings is 1. The van der Waals surface area contributed by atoms with E-state index in [2.05, 4.69) is 10.3 Å². The number of nitrogens with one attached hydrogen (secondary N) is 1. The van der Waals surface area contributed by atoms with E-state index in [-0.39, 0.29) is 5.91 Å². The molecule has 5 nitrogen and oxygen atoms in total. The molecule has 1 aromatic heterocycles. The third-order valence-electron chi connectivity index (χ3n) is 4.99. The number of benzene rings is 2. The topological polar surface area (TPSA) is 54.5 Å². The molecular weight excluding hydrogens is 374 g/mol. The van der Waals surface area contributed by atoms with Crippen LogP contribution in [0.5, 0.6) is 5.75 Å². The standard InChI is InChI=1S/C22H22ClN3O2/c1-28-20-10-6-9-17-18(24-16-8-5-7-15(23)13-16)14-19(25-21(17)20)22(27)26-11-3-2-4-12-26/h5-10,13-14H,2-4,11-12H2,1H3,(H,24,25). The van der Waals surface area contributed by atoms with Crippen molar-refractivity contribution in [2.45, 2.75) is 19.3 Å². The van der Waals surface area contributed by atoms with Crippen LogP contribution in [0.25, 0.3) is 10.9 Å². The number of methoxy groups -OCH3 is 1. The summed E-state index contributed by atoms with van der Waals surface area (Å²) in [4.78, 5) is 19.6. The van der Waals surface area contributed by atoms with Crippen molar-refractivity contribution in [2.24, 2.45) is 0 Å². The molecule has 0 spiro atoms. The number of amides is 1. The summed E-state index contributed by atoms with van der Waals surface area (Å²) in [5.41, 5.74) is 2.73. The molecule has 1 saturated heterocycles.